The Kier molecular flexibility index (Phi) is 7.23. The van der Waals surface area contributed by atoms with Crippen molar-refractivity contribution in [3.05, 3.63) is 101 Å². The van der Waals surface area contributed by atoms with Gasteiger partial charge in [0.25, 0.3) is 5.69 Å². The monoisotopic (exact) mass is 667 g/mol. The first-order chi connectivity index (χ1) is 15.9. The van der Waals surface area contributed by atoms with Crippen molar-refractivity contribution in [2.45, 2.75) is 6.61 Å². The Morgan fingerprint density at radius 2 is 1.85 bits per heavy atom. The highest BCUT2D eigenvalue weighted by molar-refractivity contribution is 14.1. The van der Waals surface area contributed by atoms with Crippen LogP contribution in [0.2, 0.25) is 0 Å². The van der Waals surface area contributed by atoms with E-state index in [2.05, 4.69) is 55.7 Å². The molecule has 0 fully saturated rings. The molecule has 0 radical (unpaired) electrons. The molecule has 0 atom stereocenters. The zero-order valence-corrected chi connectivity index (χ0v) is 21.1. The predicted molar refractivity (Wildman–Crippen MR) is 141 cm³/mol. The number of para-hydroxylation sites is 1. The lowest BCUT2D eigenvalue weighted by Gasteiger charge is -2.11. The van der Waals surface area contributed by atoms with Crippen molar-refractivity contribution in [3.63, 3.8) is 0 Å². The van der Waals surface area contributed by atoms with E-state index in [0.717, 1.165) is 18.1 Å². The van der Waals surface area contributed by atoms with Crippen LogP contribution < -0.4 is 10.2 Å². The van der Waals surface area contributed by atoms with Gasteiger partial charge >= 0.3 is 5.91 Å². The van der Waals surface area contributed by atoms with E-state index < -0.39 is 10.8 Å². The molecule has 0 aliphatic carbocycles. The average molecular weight is 667 g/mol. The van der Waals surface area contributed by atoms with Crippen LogP contribution in [-0.4, -0.2) is 17.0 Å². The van der Waals surface area contributed by atoms with Crippen LogP contribution in [0, 0.1) is 17.3 Å². The number of benzene rings is 3. The lowest BCUT2D eigenvalue weighted by Crippen LogP contribution is -2.16. The molecule has 0 unspecified atom stereocenters. The normalized spacial score (nSPS) is 11.1. The smallest absolute Gasteiger partial charge is 0.307 e. The van der Waals surface area contributed by atoms with Crippen molar-refractivity contribution in [1.82, 2.24) is 5.43 Å². The van der Waals surface area contributed by atoms with Gasteiger partial charge in [0.15, 0.2) is 5.76 Å². The fourth-order valence-corrected chi connectivity index (χ4v) is 5.15. The van der Waals surface area contributed by atoms with E-state index in [4.69, 9.17) is 9.15 Å². The number of amides is 1. The highest BCUT2D eigenvalue weighted by Crippen LogP contribution is 2.29. The minimum atomic E-state index is -0.441. The Morgan fingerprint density at radius 3 is 2.58 bits per heavy atom. The Morgan fingerprint density at radius 1 is 1.09 bits per heavy atom. The largest absolute Gasteiger partial charge is 0.487 e. The quantitative estimate of drug-likeness (QED) is 0.115. The molecule has 0 bridgehead atoms. The number of furan rings is 1. The van der Waals surface area contributed by atoms with Crippen LogP contribution in [-0.2, 0) is 6.61 Å². The molecule has 0 aliphatic heterocycles. The second-order valence-electron chi connectivity index (χ2n) is 6.88. The molecule has 1 aromatic heterocycles. The van der Waals surface area contributed by atoms with E-state index in [1.54, 1.807) is 24.3 Å². The van der Waals surface area contributed by atoms with Crippen molar-refractivity contribution in [3.8, 4) is 5.75 Å². The number of hydrazone groups is 1. The van der Waals surface area contributed by atoms with Gasteiger partial charge in [0.2, 0.25) is 0 Å². The van der Waals surface area contributed by atoms with Crippen LogP contribution in [0.15, 0.2) is 76.2 Å². The first-order valence-corrected chi connectivity index (χ1v) is 11.7. The van der Waals surface area contributed by atoms with Gasteiger partial charge in [-0.3, -0.25) is 14.9 Å². The van der Waals surface area contributed by atoms with Gasteiger partial charge in [-0.2, -0.15) is 5.10 Å². The third kappa shape index (κ3) is 5.68. The number of halogens is 2. The molecule has 166 valence electrons. The summed E-state index contributed by atoms with van der Waals surface area (Å²) in [6, 6.07) is 19.1. The van der Waals surface area contributed by atoms with E-state index >= 15 is 0 Å². The van der Waals surface area contributed by atoms with Gasteiger partial charge in [0.1, 0.15) is 17.9 Å². The fraction of sp³-hybridized carbons (Fsp3) is 0.0435. The molecule has 33 heavy (non-hydrogen) atoms. The van der Waals surface area contributed by atoms with E-state index in [-0.39, 0.29) is 18.1 Å². The molecule has 10 heteroatoms. The first kappa shape index (κ1) is 23.2. The van der Waals surface area contributed by atoms with Crippen LogP contribution >= 0.6 is 45.2 Å². The molecule has 3 aromatic carbocycles. The number of hydrogen-bond donors (Lipinski definition) is 1. The number of carbonyl (C=O) groups excluding carboxylic acids is 1. The molecule has 4 rings (SSSR count). The molecule has 0 saturated carbocycles. The summed E-state index contributed by atoms with van der Waals surface area (Å²) in [6.45, 7) is 0.203. The van der Waals surface area contributed by atoms with Crippen molar-refractivity contribution < 1.29 is 18.9 Å². The maximum absolute atomic E-state index is 12.3. The summed E-state index contributed by atoms with van der Waals surface area (Å²) >= 11 is 4.30. The summed E-state index contributed by atoms with van der Waals surface area (Å²) in [5.74, 6) is 0.414. The van der Waals surface area contributed by atoms with Crippen molar-refractivity contribution >= 4 is 74.0 Å². The zero-order valence-electron chi connectivity index (χ0n) is 16.8. The highest BCUT2D eigenvalue weighted by Gasteiger charge is 2.12. The topological polar surface area (TPSA) is 107 Å². The van der Waals surface area contributed by atoms with Gasteiger partial charge in [-0.1, -0.05) is 30.3 Å². The molecule has 0 aliphatic rings. The van der Waals surface area contributed by atoms with Crippen LogP contribution in [0.25, 0.3) is 11.0 Å². The second kappa shape index (κ2) is 10.3. The number of carbonyl (C=O) groups is 1. The minimum Gasteiger partial charge on any atom is -0.487 e. The maximum Gasteiger partial charge on any atom is 0.307 e. The van der Waals surface area contributed by atoms with Gasteiger partial charge in [-0.25, -0.2) is 5.43 Å². The lowest BCUT2D eigenvalue weighted by atomic mass is 10.2. The van der Waals surface area contributed by atoms with Gasteiger partial charge in [-0.05, 0) is 80.6 Å². The third-order valence-electron chi connectivity index (χ3n) is 4.55. The summed E-state index contributed by atoms with van der Waals surface area (Å²) in [5.41, 5.74) is 4.61. The Bertz CT molecular complexity index is 1330. The standard InChI is InChI=1S/C23H15I2N3O5/c24-18-9-15(12-26-27-23(29)21-11-16-5-1-2-7-20(16)33-21)10-19(25)22(18)32-13-14-4-3-6-17(8-14)28(30)31/h1-12H,13H2,(H,27,29). The second-order valence-corrected chi connectivity index (χ2v) is 9.20. The van der Waals surface area contributed by atoms with E-state index in [9.17, 15) is 14.9 Å². The number of ether oxygens (including phenoxy) is 1. The molecule has 1 amide bonds. The van der Waals surface area contributed by atoms with Crippen LogP contribution in [0.5, 0.6) is 5.75 Å². The van der Waals surface area contributed by atoms with Gasteiger partial charge in [0.05, 0.1) is 18.3 Å². The SMILES string of the molecule is O=C(NN=Cc1cc(I)c(OCc2cccc([N+](=O)[O-])c2)c(I)c1)c1cc2ccccc2o1. The van der Waals surface area contributed by atoms with E-state index in [1.165, 1.54) is 18.3 Å². The van der Waals surface area contributed by atoms with Crippen molar-refractivity contribution in [1.29, 1.82) is 0 Å². The zero-order chi connectivity index (χ0) is 23.4. The summed E-state index contributed by atoms with van der Waals surface area (Å²) in [6.07, 6.45) is 1.54. The van der Waals surface area contributed by atoms with Gasteiger partial charge in [0, 0.05) is 17.5 Å². The number of non-ortho nitro benzene ring substituents is 1. The predicted octanol–water partition coefficient (Wildman–Crippen LogP) is 5.89. The fourth-order valence-electron chi connectivity index (χ4n) is 3.02. The number of nitrogens with one attached hydrogen (secondary N) is 1. The molecule has 8 nitrogen and oxygen atoms in total. The Hall–Kier alpha value is -3.00. The van der Waals surface area contributed by atoms with Crippen LogP contribution in [0.4, 0.5) is 5.69 Å². The highest BCUT2D eigenvalue weighted by atomic mass is 127. The molecule has 1 N–H and O–H groups in total. The Labute approximate surface area is 215 Å². The number of nitrogens with zero attached hydrogens (tertiary/aromatic N) is 2. The summed E-state index contributed by atoms with van der Waals surface area (Å²) in [7, 11) is 0. The summed E-state index contributed by atoms with van der Waals surface area (Å²) in [5, 5.41) is 15.8. The van der Waals surface area contributed by atoms with Crippen molar-refractivity contribution in [2.24, 2.45) is 5.10 Å². The lowest BCUT2D eigenvalue weighted by molar-refractivity contribution is -0.384. The number of nitro groups is 1. The minimum absolute atomic E-state index is 0.0248. The molecular formula is C23H15I2N3O5. The van der Waals surface area contributed by atoms with Crippen molar-refractivity contribution in [2.75, 3.05) is 0 Å². The molecule has 0 saturated heterocycles. The van der Waals surface area contributed by atoms with E-state index in [1.807, 2.05) is 30.3 Å². The first-order valence-electron chi connectivity index (χ1n) is 9.58. The molecule has 4 aromatic rings. The van der Waals surface area contributed by atoms with Crippen LogP contribution in [0.1, 0.15) is 21.7 Å². The molecule has 0 spiro atoms. The number of fused-ring (bicyclic) bond motifs is 1. The summed E-state index contributed by atoms with van der Waals surface area (Å²) < 4.78 is 13.1. The van der Waals surface area contributed by atoms with Gasteiger partial charge < -0.3 is 9.15 Å². The van der Waals surface area contributed by atoms with Crippen LogP contribution in [0.3, 0.4) is 0 Å². The Balaban J connectivity index is 1.41. The van der Waals surface area contributed by atoms with Gasteiger partial charge in [-0.15, -0.1) is 0 Å². The number of hydrogen-bond acceptors (Lipinski definition) is 6. The summed E-state index contributed by atoms with van der Waals surface area (Å²) in [4.78, 5) is 22.8. The number of rotatable bonds is 7. The average Bonchev–Trinajstić information content (AvgIpc) is 3.23. The third-order valence-corrected chi connectivity index (χ3v) is 6.16. The van der Waals surface area contributed by atoms with E-state index in [0.29, 0.717) is 16.9 Å². The number of nitro benzene ring substituents is 1. The molecular weight excluding hydrogens is 652 g/mol. The maximum atomic E-state index is 12.3. The molecule has 1 heterocycles.